The molecular weight excluding hydrogens is 218 g/mol. The van der Waals surface area contributed by atoms with Crippen molar-refractivity contribution in [3.05, 3.63) is 71.8 Å². The first-order chi connectivity index (χ1) is 8.92. The van der Waals surface area contributed by atoms with E-state index in [0.717, 1.165) is 12.8 Å². The fourth-order valence-electron chi connectivity index (χ4n) is 2.54. The maximum Gasteiger partial charge on any atom is 0.0547 e. The van der Waals surface area contributed by atoms with E-state index in [0.29, 0.717) is 6.04 Å². The molecule has 0 bridgehead atoms. The lowest BCUT2D eigenvalue weighted by Gasteiger charge is -2.05. The molecule has 2 aromatic rings. The summed E-state index contributed by atoms with van der Waals surface area (Å²) in [5, 5.41) is 0. The smallest absolute Gasteiger partial charge is 0.0547 e. The van der Waals surface area contributed by atoms with Gasteiger partial charge in [0.25, 0.3) is 0 Å². The van der Waals surface area contributed by atoms with Gasteiger partial charge >= 0.3 is 0 Å². The van der Waals surface area contributed by atoms with Gasteiger partial charge in [0.05, 0.1) is 6.04 Å². The van der Waals surface area contributed by atoms with Crippen molar-refractivity contribution in [2.75, 3.05) is 0 Å². The van der Waals surface area contributed by atoms with Crippen molar-refractivity contribution < 1.29 is 0 Å². The molecule has 1 unspecified atom stereocenters. The van der Waals surface area contributed by atoms with Crippen LogP contribution in [0.3, 0.4) is 0 Å². The van der Waals surface area contributed by atoms with Gasteiger partial charge < -0.3 is 0 Å². The Bertz CT molecular complexity index is 528. The second-order valence-electron chi connectivity index (χ2n) is 4.82. The fraction of sp³-hybridized carbons (Fsp3) is 0.235. The van der Waals surface area contributed by atoms with E-state index in [2.05, 4.69) is 60.7 Å². The van der Waals surface area contributed by atoms with Gasteiger partial charge in [-0.3, -0.25) is 4.99 Å². The van der Waals surface area contributed by atoms with Crippen molar-refractivity contribution in [2.45, 2.75) is 25.3 Å². The van der Waals surface area contributed by atoms with Crippen LogP contribution in [0.5, 0.6) is 0 Å². The lowest BCUT2D eigenvalue weighted by Crippen LogP contribution is -2.03. The van der Waals surface area contributed by atoms with E-state index in [1.54, 1.807) is 0 Å². The molecule has 0 saturated heterocycles. The largest absolute Gasteiger partial charge is 0.285 e. The molecule has 0 aromatic heterocycles. The van der Waals surface area contributed by atoms with Crippen LogP contribution >= 0.6 is 0 Å². The van der Waals surface area contributed by atoms with E-state index in [4.69, 9.17) is 4.99 Å². The van der Waals surface area contributed by atoms with Crippen LogP contribution in [0, 0.1) is 0 Å². The van der Waals surface area contributed by atoms with Crippen molar-refractivity contribution in [2.24, 2.45) is 4.99 Å². The summed E-state index contributed by atoms with van der Waals surface area (Å²) < 4.78 is 0. The van der Waals surface area contributed by atoms with Crippen molar-refractivity contribution in [3.63, 3.8) is 0 Å². The first-order valence-electron chi connectivity index (χ1n) is 6.58. The topological polar surface area (TPSA) is 12.4 Å². The molecule has 3 rings (SSSR count). The van der Waals surface area contributed by atoms with Crippen LogP contribution < -0.4 is 0 Å². The fourth-order valence-corrected chi connectivity index (χ4v) is 2.54. The minimum atomic E-state index is 0.461. The third-order valence-corrected chi connectivity index (χ3v) is 3.47. The number of rotatable bonds is 3. The molecule has 1 heterocycles. The van der Waals surface area contributed by atoms with Gasteiger partial charge in [0.2, 0.25) is 0 Å². The third kappa shape index (κ3) is 2.51. The van der Waals surface area contributed by atoms with Gasteiger partial charge in [-0.1, -0.05) is 60.7 Å². The summed E-state index contributed by atoms with van der Waals surface area (Å²) in [4.78, 5) is 4.87. The molecule has 1 heteroatoms. The van der Waals surface area contributed by atoms with Gasteiger partial charge in [0, 0.05) is 5.71 Å². The van der Waals surface area contributed by atoms with E-state index in [-0.39, 0.29) is 0 Å². The molecule has 18 heavy (non-hydrogen) atoms. The molecule has 2 aromatic carbocycles. The molecule has 0 N–H and O–H groups in total. The van der Waals surface area contributed by atoms with Crippen LogP contribution in [0.25, 0.3) is 0 Å². The lowest BCUT2D eigenvalue weighted by atomic mass is 10.0. The van der Waals surface area contributed by atoms with E-state index < -0.39 is 0 Å². The normalized spacial score (nSPS) is 18.7. The van der Waals surface area contributed by atoms with Crippen LogP contribution in [0.15, 0.2) is 65.7 Å². The molecule has 1 atom stereocenters. The van der Waals surface area contributed by atoms with Crippen LogP contribution in [0.1, 0.15) is 24.0 Å². The Kier molecular flexibility index (Phi) is 3.22. The Morgan fingerprint density at radius 1 is 0.889 bits per heavy atom. The van der Waals surface area contributed by atoms with E-state index in [1.165, 1.54) is 23.3 Å². The molecule has 0 fully saturated rings. The summed E-state index contributed by atoms with van der Waals surface area (Å²) >= 11 is 0. The molecule has 0 spiro atoms. The summed E-state index contributed by atoms with van der Waals surface area (Å²) in [6.45, 7) is 0. The Morgan fingerprint density at radius 3 is 2.28 bits per heavy atom. The molecule has 0 saturated carbocycles. The number of hydrogen-bond donors (Lipinski definition) is 0. The summed E-state index contributed by atoms with van der Waals surface area (Å²) in [5.41, 5.74) is 3.95. The van der Waals surface area contributed by atoms with Gasteiger partial charge in [-0.2, -0.15) is 0 Å². The van der Waals surface area contributed by atoms with Crippen LogP contribution in [-0.2, 0) is 6.42 Å². The van der Waals surface area contributed by atoms with E-state index in [1.807, 2.05) is 0 Å². The predicted octanol–water partition coefficient (Wildman–Crippen LogP) is 3.88. The molecule has 1 nitrogen and oxygen atoms in total. The molecule has 1 aliphatic heterocycles. The Morgan fingerprint density at radius 2 is 1.56 bits per heavy atom. The highest BCUT2D eigenvalue weighted by Gasteiger charge is 2.18. The molecule has 1 aliphatic rings. The highest BCUT2D eigenvalue weighted by Crippen LogP contribution is 2.21. The van der Waals surface area contributed by atoms with Crippen LogP contribution in [-0.4, -0.2) is 11.8 Å². The standard InChI is InChI=1S/C17H17N/c1-3-7-14(8-4-1)13-16-11-12-17(18-16)15-9-5-2-6-10-15/h1-10,16H,11-13H2. The van der Waals surface area contributed by atoms with Gasteiger partial charge in [0.15, 0.2) is 0 Å². The van der Waals surface area contributed by atoms with Crippen LogP contribution in [0.4, 0.5) is 0 Å². The monoisotopic (exact) mass is 235 g/mol. The second-order valence-corrected chi connectivity index (χ2v) is 4.82. The highest BCUT2D eigenvalue weighted by molar-refractivity contribution is 6.01. The minimum Gasteiger partial charge on any atom is -0.285 e. The Labute approximate surface area is 108 Å². The molecule has 0 aliphatic carbocycles. The van der Waals surface area contributed by atoms with Crippen molar-refractivity contribution in [1.82, 2.24) is 0 Å². The third-order valence-electron chi connectivity index (χ3n) is 3.47. The molecular formula is C17H17N. The summed E-state index contributed by atoms with van der Waals surface area (Å²) in [6, 6.07) is 21.7. The van der Waals surface area contributed by atoms with Crippen LogP contribution in [0.2, 0.25) is 0 Å². The minimum absolute atomic E-state index is 0.461. The lowest BCUT2D eigenvalue weighted by molar-refractivity contribution is 0.667. The zero-order chi connectivity index (χ0) is 12.2. The quantitative estimate of drug-likeness (QED) is 0.765. The second kappa shape index (κ2) is 5.18. The maximum atomic E-state index is 4.87. The summed E-state index contributed by atoms with van der Waals surface area (Å²) in [6.07, 6.45) is 3.36. The Hall–Kier alpha value is -1.89. The van der Waals surface area contributed by atoms with Gasteiger partial charge in [0.1, 0.15) is 0 Å². The van der Waals surface area contributed by atoms with Crippen molar-refractivity contribution in [1.29, 1.82) is 0 Å². The zero-order valence-corrected chi connectivity index (χ0v) is 10.4. The number of nitrogens with zero attached hydrogens (tertiary/aromatic N) is 1. The summed E-state index contributed by atoms with van der Waals surface area (Å²) in [7, 11) is 0. The van der Waals surface area contributed by atoms with E-state index in [9.17, 15) is 0 Å². The number of aliphatic imine (C=N–C) groups is 1. The van der Waals surface area contributed by atoms with Gasteiger partial charge in [-0.25, -0.2) is 0 Å². The molecule has 0 radical (unpaired) electrons. The SMILES string of the molecule is c1ccc(CC2CCC(c3ccccc3)=N2)cc1. The average Bonchev–Trinajstić information content (AvgIpc) is 2.89. The van der Waals surface area contributed by atoms with E-state index >= 15 is 0 Å². The average molecular weight is 235 g/mol. The summed E-state index contributed by atoms with van der Waals surface area (Å²) in [5.74, 6) is 0. The first-order valence-corrected chi connectivity index (χ1v) is 6.58. The molecule has 0 amide bonds. The van der Waals surface area contributed by atoms with Gasteiger partial charge in [-0.05, 0) is 30.4 Å². The number of benzene rings is 2. The highest BCUT2D eigenvalue weighted by atomic mass is 14.8. The van der Waals surface area contributed by atoms with Crippen molar-refractivity contribution in [3.8, 4) is 0 Å². The van der Waals surface area contributed by atoms with Gasteiger partial charge in [-0.15, -0.1) is 0 Å². The Balaban J connectivity index is 1.73. The molecule has 90 valence electrons. The zero-order valence-electron chi connectivity index (χ0n) is 10.4. The first kappa shape index (κ1) is 11.2. The maximum absolute atomic E-state index is 4.87. The van der Waals surface area contributed by atoms with Crippen molar-refractivity contribution >= 4 is 5.71 Å². The number of hydrogen-bond acceptors (Lipinski definition) is 1. The predicted molar refractivity (Wildman–Crippen MR) is 76.1 cm³/mol.